The molecule has 0 bridgehead atoms. The summed E-state index contributed by atoms with van der Waals surface area (Å²) in [6.45, 7) is -0.369. The highest BCUT2D eigenvalue weighted by Gasteiger charge is 2.43. The molecule has 2 atom stereocenters. The maximum absolute atomic E-state index is 14.3. The fraction of sp³-hybridized carbons (Fsp3) is 0.353. The first-order valence-corrected chi connectivity index (χ1v) is 14.8. The maximum Gasteiger partial charge on any atom is 0.408 e. The highest BCUT2D eigenvalue weighted by molar-refractivity contribution is 6.04. The van der Waals surface area contributed by atoms with Crippen LogP contribution in [0.1, 0.15) is 36.8 Å². The average Bonchev–Trinajstić information content (AvgIpc) is 3.95. The number of rotatable bonds is 14. The second kappa shape index (κ2) is 14.0. The third kappa shape index (κ3) is 8.44. The van der Waals surface area contributed by atoms with Crippen molar-refractivity contribution in [2.45, 2.75) is 50.8 Å². The van der Waals surface area contributed by atoms with E-state index >= 15 is 0 Å². The Morgan fingerprint density at radius 3 is 1.84 bits per heavy atom. The van der Waals surface area contributed by atoms with Crippen molar-refractivity contribution in [3.05, 3.63) is 102 Å². The van der Waals surface area contributed by atoms with Crippen LogP contribution in [0.5, 0.6) is 0 Å². The zero-order chi connectivity index (χ0) is 30.2. The van der Waals surface area contributed by atoms with Crippen molar-refractivity contribution < 1.29 is 29.0 Å². The lowest BCUT2D eigenvalue weighted by atomic mass is 9.91. The van der Waals surface area contributed by atoms with E-state index in [4.69, 9.17) is 4.74 Å². The van der Waals surface area contributed by atoms with Gasteiger partial charge in [0.2, 0.25) is 5.91 Å². The molecule has 2 aliphatic carbocycles. The number of alkyl carbamates (subject to hydrolysis) is 1. The molecule has 3 aromatic carbocycles. The highest BCUT2D eigenvalue weighted by Crippen LogP contribution is 2.44. The standard InChI is InChI=1S/C34H37N3O6/c38-29(35-30(25-16-17-25)26-18-19-26)21-37(27-14-8-3-9-15-27)32(39)31(28(33(40)41)20-23-10-4-1-5-11-23)36-34(42)43-22-24-12-6-2-7-13-24/h1-15,25-26,28,30-31H,16-22H2,(H,35,38)(H,36,42)(H,40,41)/t28?,31-/m0/s1. The number of amides is 3. The molecular weight excluding hydrogens is 546 g/mol. The number of carbonyl (C=O) groups excluding carboxylic acids is 3. The molecule has 0 saturated heterocycles. The summed E-state index contributed by atoms with van der Waals surface area (Å²) in [6.07, 6.45) is 3.38. The Bertz CT molecular complexity index is 1380. The van der Waals surface area contributed by atoms with E-state index in [0.717, 1.165) is 31.2 Å². The molecule has 3 aromatic rings. The Balaban J connectivity index is 1.40. The fourth-order valence-corrected chi connectivity index (χ4v) is 5.42. The number of carboxylic acids is 1. The van der Waals surface area contributed by atoms with Crippen molar-refractivity contribution in [3.8, 4) is 0 Å². The van der Waals surface area contributed by atoms with Crippen LogP contribution in [0.15, 0.2) is 91.0 Å². The van der Waals surface area contributed by atoms with E-state index in [1.54, 1.807) is 66.7 Å². The molecule has 5 rings (SSSR count). The number of para-hydroxylation sites is 1. The van der Waals surface area contributed by atoms with E-state index in [1.165, 1.54) is 4.90 Å². The smallest absolute Gasteiger partial charge is 0.408 e. The molecule has 2 saturated carbocycles. The predicted octanol–water partition coefficient (Wildman–Crippen LogP) is 4.56. The first-order valence-electron chi connectivity index (χ1n) is 14.8. The number of aliphatic carboxylic acids is 1. The number of hydrogen-bond acceptors (Lipinski definition) is 5. The number of hydrogen-bond donors (Lipinski definition) is 3. The lowest BCUT2D eigenvalue weighted by Crippen LogP contribution is -2.57. The van der Waals surface area contributed by atoms with Crippen LogP contribution in [-0.4, -0.2) is 47.6 Å². The second-order valence-electron chi connectivity index (χ2n) is 11.3. The number of nitrogens with zero attached hydrogens (tertiary/aromatic N) is 1. The van der Waals surface area contributed by atoms with E-state index in [1.807, 2.05) is 24.3 Å². The highest BCUT2D eigenvalue weighted by atomic mass is 16.5. The van der Waals surface area contributed by atoms with Crippen LogP contribution in [0.4, 0.5) is 10.5 Å². The van der Waals surface area contributed by atoms with Crippen LogP contribution < -0.4 is 15.5 Å². The largest absolute Gasteiger partial charge is 0.481 e. The van der Waals surface area contributed by atoms with Crippen molar-refractivity contribution in [3.63, 3.8) is 0 Å². The molecule has 2 aliphatic rings. The van der Waals surface area contributed by atoms with Gasteiger partial charge in [0.25, 0.3) is 5.91 Å². The zero-order valence-electron chi connectivity index (χ0n) is 23.9. The summed E-state index contributed by atoms with van der Waals surface area (Å²) in [6, 6.07) is 25.1. The summed E-state index contributed by atoms with van der Waals surface area (Å²) in [5.74, 6) is -2.69. The van der Waals surface area contributed by atoms with Gasteiger partial charge in [-0.2, -0.15) is 0 Å². The topological polar surface area (TPSA) is 125 Å². The first kappa shape index (κ1) is 29.8. The van der Waals surface area contributed by atoms with E-state index in [9.17, 15) is 24.3 Å². The summed E-state index contributed by atoms with van der Waals surface area (Å²) in [7, 11) is 0. The van der Waals surface area contributed by atoms with Gasteiger partial charge in [0, 0.05) is 11.7 Å². The fourth-order valence-electron chi connectivity index (χ4n) is 5.42. The maximum atomic E-state index is 14.3. The summed E-state index contributed by atoms with van der Waals surface area (Å²) in [4.78, 5) is 54.6. The Hall–Kier alpha value is -4.66. The first-order chi connectivity index (χ1) is 20.9. The van der Waals surface area contributed by atoms with Crippen LogP contribution in [0.3, 0.4) is 0 Å². The molecule has 3 N–H and O–H groups in total. The molecule has 0 aliphatic heterocycles. The minimum absolute atomic E-state index is 0.0220. The van der Waals surface area contributed by atoms with Gasteiger partial charge in [-0.15, -0.1) is 0 Å². The minimum Gasteiger partial charge on any atom is -0.481 e. The normalized spacial score (nSPS) is 15.7. The summed E-state index contributed by atoms with van der Waals surface area (Å²) >= 11 is 0. The molecule has 224 valence electrons. The van der Waals surface area contributed by atoms with Crippen LogP contribution in [-0.2, 0) is 32.1 Å². The van der Waals surface area contributed by atoms with E-state index < -0.39 is 29.9 Å². The average molecular weight is 584 g/mol. The number of carboxylic acid groups (broad SMARTS) is 1. The second-order valence-corrected chi connectivity index (χ2v) is 11.3. The quantitative estimate of drug-likeness (QED) is 0.256. The van der Waals surface area contributed by atoms with Crippen LogP contribution in [0, 0.1) is 17.8 Å². The Labute approximate surface area is 251 Å². The summed E-state index contributed by atoms with van der Waals surface area (Å²) < 4.78 is 5.38. The third-order valence-electron chi connectivity index (χ3n) is 7.99. The van der Waals surface area contributed by atoms with Crippen LogP contribution >= 0.6 is 0 Å². The van der Waals surface area contributed by atoms with Gasteiger partial charge in [0.15, 0.2) is 0 Å². The lowest BCUT2D eigenvalue weighted by molar-refractivity contribution is -0.145. The molecular formula is C34H37N3O6. The van der Waals surface area contributed by atoms with Gasteiger partial charge in [-0.25, -0.2) is 4.79 Å². The molecule has 1 unspecified atom stereocenters. The Morgan fingerprint density at radius 1 is 0.767 bits per heavy atom. The molecule has 0 spiro atoms. The number of benzene rings is 3. The van der Waals surface area contributed by atoms with Crippen molar-refractivity contribution in [2.75, 3.05) is 11.4 Å². The van der Waals surface area contributed by atoms with E-state index in [0.29, 0.717) is 23.1 Å². The molecule has 9 heteroatoms. The lowest BCUT2D eigenvalue weighted by Gasteiger charge is -2.31. The minimum atomic E-state index is -1.52. The molecule has 43 heavy (non-hydrogen) atoms. The number of ether oxygens (including phenoxy) is 1. The summed E-state index contributed by atoms with van der Waals surface area (Å²) in [5, 5.41) is 16.0. The monoisotopic (exact) mass is 583 g/mol. The summed E-state index contributed by atoms with van der Waals surface area (Å²) in [5.41, 5.74) is 1.85. The van der Waals surface area contributed by atoms with Gasteiger partial charge >= 0.3 is 12.1 Å². The van der Waals surface area contributed by atoms with Crippen molar-refractivity contribution in [2.24, 2.45) is 17.8 Å². The Kier molecular flexibility index (Phi) is 9.71. The third-order valence-corrected chi connectivity index (χ3v) is 7.99. The molecule has 0 radical (unpaired) electrons. The van der Waals surface area contributed by atoms with Gasteiger partial charge in [-0.3, -0.25) is 14.4 Å². The molecule has 0 aromatic heterocycles. The molecule has 2 fully saturated rings. The van der Waals surface area contributed by atoms with Crippen LogP contribution in [0.2, 0.25) is 0 Å². The number of anilines is 1. The van der Waals surface area contributed by atoms with Gasteiger partial charge in [0.05, 0.1) is 5.92 Å². The molecule has 9 nitrogen and oxygen atoms in total. The van der Waals surface area contributed by atoms with Gasteiger partial charge in [0.1, 0.15) is 19.2 Å². The van der Waals surface area contributed by atoms with Crippen molar-refractivity contribution in [1.82, 2.24) is 10.6 Å². The van der Waals surface area contributed by atoms with Gasteiger partial charge in [-0.1, -0.05) is 78.9 Å². The van der Waals surface area contributed by atoms with Gasteiger partial charge < -0.3 is 25.4 Å². The Morgan fingerprint density at radius 2 is 1.30 bits per heavy atom. The van der Waals surface area contributed by atoms with Crippen molar-refractivity contribution >= 4 is 29.6 Å². The SMILES string of the molecule is O=C(CN(C(=O)[C@@H](NC(=O)OCc1ccccc1)C(Cc1ccccc1)C(=O)O)c1ccccc1)NC(C1CC1)C1CC1. The number of nitrogens with one attached hydrogen (secondary N) is 2. The van der Waals surface area contributed by atoms with Crippen LogP contribution in [0.25, 0.3) is 0 Å². The number of carbonyl (C=O) groups is 4. The zero-order valence-corrected chi connectivity index (χ0v) is 23.9. The van der Waals surface area contributed by atoms with Crippen molar-refractivity contribution in [1.29, 1.82) is 0 Å². The van der Waals surface area contributed by atoms with E-state index in [-0.39, 0.29) is 31.5 Å². The predicted molar refractivity (Wildman–Crippen MR) is 161 cm³/mol. The molecule has 3 amide bonds. The molecule has 0 heterocycles. The van der Waals surface area contributed by atoms with E-state index in [2.05, 4.69) is 10.6 Å². The van der Waals surface area contributed by atoms with Gasteiger partial charge in [-0.05, 0) is 67.2 Å².